The van der Waals surface area contributed by atoms with Crippen molar-refractivity contribution in [3.05, 3.63) is 57.6 Å². The van der Waals surface area contributed by atoms with Gasteiger partial charge in [-0.25, -0.2) is 4.98 Å². The van der Waals surface area contributed by atoms with Gasteiger partial charge in [-0.2, -0.15) is 0 Å². The molecule has 156 valence electrons. The summed E-state index contributed by atoms with van der Waals surface area (Å²) in [4.78, 5) is 31.1. The van der Waals surface area contributed by atoms with E-state index in [2.05, 4.69) is 16.8 Å². The lowest BCUT2D eigenvalue weighted by Crippen LogP contribution is -2.33. The summed E-state index contributed by atoms with van der Waals surface area (Å²) in [6, 6.07) is 9.19. The number of aryl methyl sites for hydroxylation is 1. The molecule has 0 unspecified atom stereocenters. The smallest absolute Gasteiger partial charge is 0.260 e. The molecule has 6 heteroatoms. The van der Waals surface area contributed by atoms with Gasteiger partial charge in [0, 0.05) is 24.6 Å². The molecule has 6 nitrogen and oxygen atoms in total. The first-order valence-electron chi connectivity index (χ1n) is 10.6. The highest BCUT2D eigenvalue weighted by Crippen LogP contribution is 2.27. The fourth-order valence-corrected chi connectivity index (χ4v) is 3.73. The molecule has 2 aromatic rings. The average molecular weight is 405 g/mol. The monoisotopic (exact) mass is 405 g/mol. The highest BCUT2D eigenvalue weighted by Gasteiger charge is 2.20. The third-order valence-electron chi connectivity index (χ3n) is 5.69. The van der Waals surface area contributed by atoms with Gasteiger partial charge in [0.2, 0.25) is 5.88 Å². The van der Waals surface area contributed by atoms with E-state index in [0.29, 0.717) is 11.7 Å². The maximum atomic E-state index is 12.8. The lowest BCUT2D eigenvalue weighted by molar-refractivity contribution is -0.132. The van der Waals surface area contributed by atoms with E-state index in [9.17, 15) is 9.59 Å². The fraction of sp³-hybridized carbons (Fsp3) is 0.458. The first kappa shape index (κ1) is 20.2. The van der Waals surface area contributed by atoms with Crippen LogP contribution in [0.5, 0.6) is 5.88 Å². The molecule has 1 aliphatic carbocycles. The van der Waals surface area contributed by atoms with Crippen molar-refractivity contribution in [2.45, 2.75) is 45.6 Å². The average Bonchev–Trinajstić information content (AvgIpc) is 3.40. The summed E-state index contributed by atoms with van der Waals surface area (Å²) < 4.78 is 7.16. The van der Waals surface area contributed by atoms with Crippen molar-refractivity contribution >= 4 is 5.91 Å². The molecule has 1 atom stereocenters. The van der Waals surface area contributed by atoms with Gasteiger partial charge < -0.3 is 9.64 Å². The molecule has 2 fully saturated rings. The molecule has 1 aromatic carbocycles. The van der Waals surface area contributed by atoms with Crippen LogP contribution < -0.4 is 10.3 Å². The number of aromatic nitrogens is 2. The third kappa shape index (κ3) is 4.73. The maximum absolute atomic E-state index is 12.8. The number of ether oxygens (including phenoxy) is 1. The summed E-state index contributed by atoms with van der Waals surface area (Å²) in [6.07, 6.45) is 4.49. The van der Waals surface area contributed by atoms with Gasteiger partial charge in [-0.05, 0) is 57.2 Å². The number of carbonyl (C=O) groups is 1. The van der Waals surface area contributed by atoms with Crippen molar-refractivity contribution in [2.24, 2.45) is 5.92 Å². The van der Waals surface area contributed by atoms with Gasteiger partial charge in [-0.3, -0.25) is 14.2 Å². The second kappa shape index (κ2) is 8.74. The Kier molecular flexibility index (Phi) is 5.89. The minimum Gasteiger partial charge on any atom is -0.467 e. The molecular weight excluding hydrogens is 378 g/mol. The van der Waals surface area contributed by atoms with Crippen molar-refractivity contribution in [3.8, 4) is 17.7 Å². The van der Waals surface area contributed by atoms with Crippen LogP contribution in [0.1, 0.15) is 55.6 Å². The highest BCUT2D eigenvalue weighted by molar-refractivity contribution is 5.77. The van der Waals surface area contributed by atoms with Crippen LogP contribution in [0.3, 0.4) is 0 Å². The molecule has 4 rings (SSSR count). The van der Waals surface area contributed by atoms with Crippen molar-refractivity contribution in [3.63, 3.8) is 0 Å². The number of hydrogen-bond donors (Lipinski definition) is 0. The largest absolute Gasteiger partial charge is 0.467 e. The van der Waals surface area contributed by atoms with Gasteiger partial charge in [0.15, 0.2) is 6.61 Å². The van der Waals surface area contributed by atoms with E-state index in [1.807, 2.05) is 31.2 Å². The van der Waals surface area contributed by atoms with Crippen molar-refractivity contribution < 1.29 is 9.53 Å². The summed E-state index contributed by atoms with van der Waals surface area (Å²) in [5, 5.41) is 0. The standard InChI is InChI=1S/C24H27N3O3/c1-17(21-11-9-20(10-12-21)8-7-19-5-6-19)27-18(2)25-22(15-23(27)28)30-16-24(29)26-13-3-4-14-26/h9-12,15,17,19H,3-6,13-14,16H2,1-2H3/t17-/m1/s1. The minimum atomic E-state index is -0.198. The number of rotatable bonds is 5. The van der Waals surface area contributed by atoms with Crippen LogP contribution in [0.15, 0.2) is 35.1 Å². The molecule has 0 bridgehead atoms. The fourth-order valence-electron chi connectivity index (χ4n) is 3.73. The Balaban J connectivity index is 1.45. The Hall–Kier alpha value is -3.07. The summed E-state index contributed by atoms with van der Waals surface area (Å²) in [6.45, 7) is 5.22. The minimum absolute atomic E-state index is 0.0608. The van der Waals surface area contributed by atoms with E-state index >= 15 is 0 Å². The van der Waals surface area contributed by atoms with Crippen molar-refractivity contribution in [1.82, 2.24) is 14.5 Å². The van der Waals surface area contributed by atoms with E-state index < -0.39 is 0 Å². The van der Waals surface area contributed by atoms with Crippen molar-refractivity contribution in [2.75, 3.05) is 19.7 Å². The Labute approximate surface area is 176 Å². The first-order valence-corrected chi connectivity index (χ1v) is 10.6. The second-order valence-corrected chi connectivity index (χ2v) is 8.07. The molecule has 2 aliphatic rings. The molecule has 1 saturated carbocycles. The zero-order valence-electron chi connectivity index (χ0n) is 17.6. The molecule has 1 amide bonds. The molecule has 1 aliphatic heterocycles. The van der Waals surface area contributed by atoms with E-state index in [4.69, 9.17) is 4.74 Å². The van der Waals surface area contributed by atoms with Crippen molar-refractivity contribution in [1.29, 1.82) is 0 Å². The molecule has 30 heavy (non-hydrogen) atoms. The van der Waals surface area contributed by atoms with E-state index in [1.165, 1.54) is 18.9 Å². The van der Waals surface area contributed by atoms with Gasteiger partial charge in [0.05, 0.1) is 12.1 Å². The van der Waals surface area contributed by atoms with E-state index in [1.54, 1.807) is 16.4 Å². The highest BCUT2D eigenvalue weighted by atomic mass is 16.5. The van der Waals surface area contributed by atoms with Gasteiger partial charge >= 0.3 is 0 Å². The van der Waals surface area contributed by atoms with Crippen LogP contribution in [0.4, 0.5) is 0 Å². The van der Waals surface area contributed by atoms with E-state index in [0.717, 1.165) is 37.1 Å². The second-order valence-electron chi connectivity index (χ2n) is 8.07. The molecular formula is C24H27N3O3. The number of carbonyl (C=O) groups excluding carboxylic acids is 1. The van der Waals surface area contributed by atoms with Crippen LogP contribution in [0.25, 0.3) is 0 Å². The lowest BCUT2D eigenvalue weighted by atomic mass is 10.1. The molecule has 2 heterocycles. The predicted octanol–water partition coefficient (Wildman–Crippen LogP) is 2.92. The summed E-state index contributed by atoms with van der Waals surface area (Å²) in [7, 11) is 0. The Morgan fingerprint density at radius 1 is 1.23 bits per heavy atom. The molecule has 0 spiro atoms. The van der Waals surface area contributed by atoms with Crippen LogP contribution in [-0.4, -0.2) is 40.1 Å². The SMILES string of the molecule is Cc1nc(OCC(=O)N2CCCC2)cc(=O)n1[C@H](C)c1ccc(C#CC2CC2)cc1. The number of benzene rings is 1. The lowest BCUT2D eigenvalue weighted by Gasteiger charge is -2.19. The Morgan fingerprint density at radius 2 is 1.93 bits per heavy atom. The number of amides is 1. The normalized spacial score (nSPS) is 16.7. The summed E-state index contributed by atoms with van der Waals surface area (Å²) >= 11 is 0. The van der Waals surface area contributed by atoms with Crippen LogP contribution >= 0.6 is 0 Å². The number of nitrogens with zero attached hydrogens (tertiary/aromatic N) is 3. The molecule has 0 radical (unpaired) electrons. The Morgan fingerprint density at radius 3 is 2.57 bits per heavy atom. The number of hydrogen-bond acceptors (Lipinski definition) is 4. The van der Waals surface area contributed by atoms with Crippen LogP contribution in [-0.2, 0) is 4.79 Å². The van der Waals surface area contributed by atoms with Gasteiger partial charge in [-0.1, -0.05) is 24.0 Å². The summed E-state index contributed by atoms with van der Waals surface area (Å²) in [5.74, 6) is 7.72. The van der Waals surface area contributed by atoms with Gasteiger partial charge in [-0.15, -0.1) is 0 Å². The van der Waals surface area contributed by atoms with Gasteiger partial charge in [0.1, 0.15) is 5.82 Å². The molecule has 1 aromatic heterocycles. The molecule has 0 N–H and O–H groups in total. The predicted molar refractivity (Wildman–Crippen MR) is 114 cm³/mol. The van der Waals surface area contributed by atoms with E-state index in [-0.39, 0.29) is 30.0 Å². The zero-order valence-corrected chi connectivity index (χ0v) is 17.6. The zero-order chi connectivity index (χ0) is 21.1. The summed E-state index contributed by atoms with van der Waals surface area (Å²) in [5.41, 5.74) is 1.81. The topological polar surface area (TPSA) is 64.4 Å². The molecule has 1 saturated heterocycles. The number of likely N-dealkylation sites (tertiary alicyclic amines) is 1. The Bertz CT molecular complexity index is 1040. The maximum Gasteiger partial charge on any atom is 0.260 e. The van der Waals surface area contributed by atoms with Gasteiger partial charge in [0.25, 0.3) is 11.5 Å². The van der Waals surface area contributed by atoms with Crippen LogP contribution in [0, 0.1) is 24.7 Å². The third-order valence-corrected chi connectivity index (χ3v) is 5.69. The first-order chi connectivity index (χ1) is 14.5. The quantitative estimate of drug-likeness (QED) is 0.718. The van der Waals surface area contributed by atoms with Crippen LogP contribution in [0.2, 0.25) is 0 Å².